The van der Waals surface area contributed by atoms with Gasteiger partial charge < -0.3 is 10.4 Å². The molecule has 3 heteroatoms. The van der Waals surface area contributed by atoms with Gasteiger partial charge in [-0.3, -0.25) is 4.79 Å². The summed E-state index contributed by atoms with van der Waals surface area (Å²) in [5.74, 6) is -0.915. The number of hydrogen-bond donors (Lipinski definition) is 2. The maximum atomic E-state index is 11.1. The number of carboxylic acid groups (broad SMARTS) is 1. The van der Waals surface area contributed by atoms with Gasteiger partial charge in [0.25, 0.3) is 0 Å². The Labute approximate surface area is 95.5 Å². The summed E-state index contributed by atoms with van der Waals surface area (Å²) in [6.07, 6.45) is 2.56. The summed E-state index contributed by atoms with van der Waals surface area (Å²) in [6.45, 7) is 0.932. The molecule has 2 rings (SSSR count). The van der Waals surface area contributed by atoms with Gasteiger partial charge in [-0.25, -0.2) is 0 Å². The second kappa shape index (κ2) is 5.12. The number of hydrogen-bond acceptors (Lipinski definition) is 2. The van der Waals surface area contributed by atoms with E-state index in [1.807, 2.05) is 18.2 Å². The summed E-state index contributed by atoms with van der Waals surface area (Å²) >= 11 is 0. The van der Waals surface area contributed by atoms with Gasteiger partial charge in [0, 0.05) is 6.04 Å². The van der Waals surface area contributed by atoms with E-state index in [-0.39, 0.29) is 12.0 Å². The lowest BCUT2D eigenvalue weighted by molar-refractivity contribution is -0.143. The molecule has 0 aromatic heterocycles. The Morgan fingerprint density at radius 1 is 1.38 bits per heavy atom. The first-order valence-corrected chi connectivity index (χ1v) is 5.77. The van der Waals surface area contributed by atoms with Gasteiger partial charge >= 0.3 is 5.97 Å². The third-order valence-corrected chi connectivity index (χ3v) is 3.20. The van der Waals surface area contributed by atoms with Crippen molar-refractivity contribution in [2.75, 3.05) is 6.54 Å². The summed E-state index contributed by atoms with van der Waals surface area (Å²) in [6, 6.07) is 10.1. The number of carboxylic acids is 1. The van der Waals surface area contributed by atoms with Gasteiger partial charge in [0.2, 0.25) is 0 Å². The smallest absolute Gasteiger partial charge is 0.308 e. The summed E-state index contributed by atoms with van der Waals surface area (Å²) < 4.78 is 0. The van der Waals surface area contributed by atoms with E-state index < -0.39 is 5.97 Å². The third kappa shape index (κ3) is 2.61. The number of benzene rings is 1. The number of rotatable bonds is 3. The molecular formula is C13H17NO2. The zero-order valence-electron chi connectivity index (χ0n) is 9.23. The second-order valence-electron chi connectivity index (χ2n) is 4.34. The molecule has 86 valence electrons. The Morgan fingerprint density at radius 2 is 2.12 bits per heavy atom. The van der Waals surface area contributed by atoms with Crippen LogP contribution in [0.15, 0.2) is 30.3 Å². The van der Waals surface area contributed by atoms with Crippen molar-refractivity contribution in [1.82, 2.24) is 5.32 Å². The van der Waals surface area contributed by atoms with Crippen molar-refractivity contribution in [3.05, 3.63) is 35.9 Å². The molecule has 3 nitrogen and oxygen atoms in total. The summed E-state index contributed by atoms with van der Waals surface area (Å²) in [5.41, 5.74) is 1.20. The first-order chi connectivity index (χ1) is 7.77. The van der Waals surface area contributed by atoms with Crippen LogP contribution in [-0.4, -0.2) is 23.7 Å². The Balaban J connectivity index is 2.04. The van der Waals surface area contributed by atoms with Gasteiger partial charge in [-0.15, -0.1) is 0 Å². The maximum Gasteiger partial charge on any atom is 0.308 e. The molecule has 2 unspecified atom stereocenters. The number of carbonyl (C=O) groups is 1. The molecule has 1 aromatic carbocycles. The van der Waals surface area contributed by atoms with Crippen LogP contribution < -0.4 is 5.32 Å². The molecule has 0 radical (unpaired) electrons. The Kier molecular flexibility index (Phi) is 3.57. The van der Waals surface area contributed by atoms with E-state index in [1.165, 1.54) is 5.56 Å². The fraction of sp³-hybridized carbons (Fsp3) is 0.462. The minimum absolute atomic E-state index is 0.0775. The molecule has 2 N–H and O–H groups in total. The average Bonchev–Trinajstić information content (AvgIpc) is 2.31. The Morgan fingerprint density at radius 3 is 2.81 bits per heavy atom. The fourth-order valence-corrected chi connectivity index (χ4v) is 2.33. The summed E-state index contributed by atoms with van der Waals surface area (Å²) in [7, 11) is 0. The highest BCUT2D eigenvalue weighted by Crippen LogP contribution is 2.20. The van der Waals surface area contributed by atoms with Crippen molar-refractivity contribution in [1.29, 1.82) is 0 Å². The Bertz CT molecular complexity index is 350. The predicted octanol–water partition coefficient (Wildman–Crippen LogP) is 1.68. The van der Waals surface area contributed by atoms with Crippen LogP contribution in [0.1, 0.15) is 18.4 Å². The molecule has 1 aliphatic rings. The van der Waals surface area contributed by atoms with Crippen molar-refractivity contribution >= 4 is 5.97 Å². The highest BCUT2D eigenvalue weighted by Gasteiger charge is 2.30. The molecule has 16 heavy (non-hydrogen) atoms. The molecule has 0 aliphatic carbocycles. The molecule has 1 aliphatic heterocycles. The molecule has 0 amide bonds. The van der Waals surface area contributed by atoms with Crippen molar-refractivity contribution in [3.8, 4) is 0 Å². The van der Waals surface area contributed by atoms with Crippen LogP contribution in [0.5, 0.6) is 0 Å². The van der Waals surface area contributed by atoms with Gasteiger partial charge in [-0.2, -0.15) is 0 Å². The molecule has 1 fully saturated rings. The monoisotopic (exact) mass is 219 g/mol. The molecular weight excluding hydrogens is 202 g/mol. The van der Waals surface area contributed by atoms with Crippen LogP contribution in [0.4, 0.5) is 0 Å². The first kappa shape index (κ1) is 11.1. The van der Waals surface area contributed by atoms with Gasteiger partial charge in [-0.05, 0) is 31.4 Å². The zero-order valence-corrected chi connectivity index (χ0v) is 9.23. The van der Waals surface area contributed by atoms with Gasteiger partial charge in [0.1, 0.15) is 0 Å². The molecule has 1 heterocycles. The van der Waals surface area contributed by atoms with E-state index in [9.17, 15) is 4.79 Å². The zero-order chi connectivity index (χ0) is 11.4. The van der Waals surface area contributed by atoms with E-state index in [0.29, 0.717) is 0 Å². The second-order valence-corrected chi connectivity index (χ2v) is 4.34. The molecule has 0 spiro atoms. The Hall–Kier alpha value is -1.35. The van der Waals surface area contributed by atoms with E-state index in [4.69, 9.17) is 5.11 Å². The minimum atomic E-state index is -0.673. The van der Waals surface area contributed by atoms with E-state index in [1.54, 1.807) is 0 Å². The lowest BCUT2D eigenvalue weighted by Gasteiger charge is -2.29. The van der Waals surface area contributed by atoms with E-state index in [0.717, 1.165) is 25.8 Å². The van der Waals surface area contributed by atoms with Crippen LogP contribution in [-0.2, 0) is 11.2 Å². The first-order valence-electron chi connectivity index (χ1n) is 5.77. The van der Waals surface area contributed by atoms with Crippen molar-refractivity contribution in [2.24, 2.45) is 5.92 Å². The largest absolute Gasteiger partial charge is 0.481 e. The highest BCUT2D eigenvalue weighted by molar-refractivity contribution is 5.71. The molecule has 2 atom stereocenters. The van der Waals surface area contributed by atoms with Gasteiger partial charge in [0.15, 0.2) is 0 Å². The third-order valence-electron chi connectivity index (χ3n) is 3.20. The van der Waals surface area contributed by atoms with Crippen LogP contribution in [0, 0.1) is 5.92 Å². The molecule has 1 aromatic rings. The normalized spacial score (nSPS) is 25.2. The molecule has 0 bridgehead atoms. The van der Waals surface area contributed by atoms with Gasteiger partial charge in [0.05, 0.1) is 5.92 Å². The average molecular weight is 219 g/mol. The summed E-state index contributed by atoms with van der Waals surface area (Å²) in [5, 5.41) is 12.5. The quantitative estimate of drug-likeness (QED) is 0.813. The number of aliphatic carboxylic acids is 1. The van der Waals surface area contributed by atoms with Crippen molar-refractivity contribution < 1.29 is 9.90 Å². The predicted molar refractivity (Wildman–Crippen MR) is 62.3 cm³/mol. The van der Waals surface area contributed by atoms with Crippen LogP contribution >= 0.6 is 0 Å². The van der Waals surface area contributed by atoms with Gasteiger partial charge in [-0.1, -0.05) is 30.3 Å². The topological polar surface area (TPSA) is 49.3 Å². The fourth-order valence-electron chi connectivity index (χ4n) is 2.33. The van der Waals surface area contributed by atoms with Crippen molar-refractivity contribution in [3.63, 3.8) is 0 Å². The van der Waals surface area contributed by atoms with E-state index in [2.05, 4.69) is 17.4 Å². The lowest BCUT2D eigenvalue weighted by Crippen LogP contribution is -2.46. The van der Waals surface area contributed by atoms with Crippen molar-refractivity contribution in [2.45, 2.75) is 25.3 Å². The van der Waals surface area contributed by atoms with Crippen LogP contribution in [0.25, 0.3) is 0 Å². The van der Waals surface area contributed by atoms with Crippen LogP contribution in [0.2, 0.25) is 0 Å². The van der Waals surface area contributed by atoms with E-state index >= 15 is 0 Å². The minimum Gasteiger partial charge on any atom is -0.481 e. The number of nitrogens with one attached hydrogen (secondary N) is 1. The lowest BCUT2D eigenvalue weighted by atomic mass is 9.87. The molecule has 1 saturated heterocycles. The maximum absolute atomic E-state index is 11.1. The molecule has 0 saturated carbocycles. The highest BCUT2D eigenvalue weighted by atomic mass is 16.4. The number of piperidine rings is 1. The standard InChI is InChI=1S/C13H17NO2/c15-13(16)11-7-4-8-14-12(11)9-10-5-2-1-3-6-10/h1-3,5-6,11-12,14H,4,7-9H2,(H,15,16). The summed E-state index contributed by atoms with van der Waals surface area (Å²) in [4.78, 5) is 11.1. The van der Waals surface area contributed by atoms with Crippen LogP contribution in [0.3, 0.4) is 0 Å². The SMILES string of the molecule is O=C(O)C1CCCNC1Cc1ccccc1.